The van der Waals surface area contributed by atoms with Gasteiger partial charge in [-0.15, -0.1) is 6.58 Å². The second-order valence-corrected chi connectivity index (χ2v) is 12.3. The quantitative estimate of drug-likeness (QED) is 0.101. The Hall–Kier alpha value is -4.24. The van der Waals surface area contributed by atoms with Gasteiger partial charge in [-0.1, -0.05) is 68.3 Å². The van der Waals surface area contributed by atoms with Crippen molar-refractivity contribution in [3.8, 4) is 16.9 Å². The number of nitrogens with zero attached hydrogens (tertiary/aromatic N) is 2. The summed E-state index contributed by atoms with van der Waals surface area (Å²) in [4.78, 5) is 31.0. The first-order valence-electron chi connectivity index (χ1n) is 17.2. The van der Waals surface area contributed by atoms with Crippen molar-refractivity contribution in [1.29, 1.82) is 0 Å². The predicted octanol–water partition coefficient (Wildman–Crippen LogP) is 10.7. The van der Waals surface area contributed by atoms with Crippen LogP contribution in [0.25, 0.3) is 11.1 Å². The lowest BCUT2D eigenvalue weighted by Gasteiger charge is -2.25. The van der Waals surface area contributed by atoms with Crippen LogP contribution in [0.3, 0.4) is 0 Å². The minimum Gasteiger partial charge on any atom is -0.377 e. The van der Waals surface area contributed by atoms with Crippen LogP contribution < -0.4 is 4.84 Å². The first-order chi connectivity index (χ1) is 23.7. The van der Waals surface area contributed by atoms with Gasteiger partial charge in [-0.2, -0.15) is 18.2 Å². The highest BCUT2D eigenvalue weighted by Crippen LogP contribution is 2.31. The second kappa shape index (κ2) is 21.1. The van der Waals surface area contributed by atoms with E-state index in [0.29, 0.717) is 30.8 Å². The van der Waals surface area contributed by atoms with Crippen molar-refractivity contribution in [3.63, 3.8) is 0 Å². The summed E-state index contributed by atoms with van der Waals surface area (Å²) < 4.78 is 50.6. The number of carbonyl (C=O) groups is 2. The first kappa shape index (κ1) is 41.9. The van der Waals surface area contributed by atoms with E-state index < -0.39 is 11.7 Å². The zero-order chi connectivity index (χ0) is 37.3. The molecule has 0 spiro atoms. The van der Waals surface area contributed by atoms with Crippen molar-refractivity contribution < 1.29 is 32.0 Å². The Morgan fingerprint density at radius 2 is 1.38 bits per heavy atom. The molecular weight excluding hydrogens is 644 g/mol. The fraction of sp³-hybridized carbons (Fsp3) is 0.415. The van der Waals surface area contributed by atoms with Crippen molar-refractivity contribution in [1.82, 2.24) is 9.96 Å². The molecule has 0 saturated carbocycles. The maximum Gasteiger partial charge on any atom is 0.416 e. The average molecular weight is 697 g/mol. The maximum absolute atomic E-state index is 12.7. The molecule has 1 aliphatic rings. The summed E-state index contributed by atoms with van der Waals surface area (Å²) in [6.07, 6.45) is 1.25. The summed E-state index contributed by atoms with van der Waals surface area (Å²) in [5.41, 5.74) is 5.48. The van der Waals surface area contributed by atoms with E-state index in [0.717, 1.165) is 62.0 Å². The van der Waals surface area contributed by atoms with E-state index in [-0.39, 0.29) is 17.5 Å². The Bertz CT molecular complexity index is 1530. The van der Waals surface area contributed by atoms with Crippen LogP contribution in [0, 0.1) is 5.82 Å². The molecule has 50 heavy (non-hydrogen) atoms. The molecule has 3 aromatic carbocycles. The molecule has 3 aromatic rings. The summed E-state index contributed by atoms with van der Waals surface area (Å²) in [5.74, 6) is 0.491. The third-order valence-corrected chi connectivity index (χ3v) is 8.38. The lowest BCUT2D eigenvalue weighted by atomic mass is 10.0. The number of aryl methyl sites for hydroxylation is 1. The molecule has 0 heterocycles. The van der Waals surface area contributed by atoms with Gasteiger partial charge in [0.15, 0.2) is 11.5 Å². The fourth-order valence-electron chi connectivity index (χ4n) is 5.24. The molecule has 272 valence electrons. The Labute approximate surface area is 295 Å². The molecule has 5 nitrogen and oxygen atoms in total. The van der Waals surface area contributed by atoms with Gasteiger partial charge in [-0.25, -0.2) is 4.39 Å². The smallest absolute Gasteiger partial charge is 0.377 e. The molecule has 0 unspecified atom stereocenters. The molecule has 0 aliphatic heterocycles. The molecule has 0 bridgehead atoms. The van der Waals surface area contributed by atoms with Gasteiger partial charge in [0.2, 0.25) is 0 Å². The molecule has 1 aliphatic carbocycles. The van der Waals surface area contributed by atoms with Gasteiger partial charge in [0.05, 0.1) is 12.1 Å². The molecule has 0 saturated heterocycles. The van der Waals surface area contributed by atoms with Crippen LogP contribution >= 0.6 is 0 Å². The molecule has 0 N–H and O–H groups in total. The van der Waals surface area contributed by atoms with Gasteiger partial charge >= 0.3 is 6.18 Å². The molecule has 0 radical (unpaired) electrons. The van der Waals surface area contributed by atoms with E-state index in [2.05, 4.69) is 32.3 Å². The van der Waals surface area contributed by atoms with Crippen molar-refractivity contribution in [2.24, 2.45) is 0 Å². The number of amides is 1. The summed E-state index contributed by atoms with van der Waals surface area (Å²) in [5, 5.41) is 1.37. The van der Waals surface area contributed by atoms with Crippen LogP contribution in [0.2, 0.25) is 0 Å². The van der Waals surface area contributed by atoms with E-state index in [1.165, 1.54) is 52.5 Å². The Balaban J connectivity index is 0.000000334. The third kappa shape index (κ3) is 14.7. The molecule has 9 heteroatoms. The largest absolute Gasteiger partial charge is 0.416 e. The topological polar surface area (TPSA) is 49.9 Å². The Kier molecular flexibility index (Phi) is 17.7. The molecule has 0 fully saturated rings. The number of alkyl halides is 3. The molecule has 0 aromatic heterocycles. The van der Waals surface area contributed by atoms with Crippen LogP contribution in [-0.2, 0) is 22.2 Å². The van der Waals surface area contributed by atoms with Gasteiger partial charge in [0.1, 0.15) is 5.82 Å². The van der Waals surface area contributed by atoms with Gasteiger partial charge in [0, 0.05) is 13.0 Å². The number of benzene rings is 3. The normalized spacial score (nSPS) is 12.5. The van der Waals surface area contributed by atoms with Crippen molar-refractivity contribution >= 4 is 11.7 Å². The number of Topliss-reactive ketones (excluding diaryl/α,β-unsaturated/α-hetero) is 1. The second-order valence-electron chi connectivity index (χ2n) is 12.3. The number of allylic oxidation sites excluding steroid dienone is 3. The number of likely N-dealkylation sites (N-methyl/N-ethyl adjacent to an activating group) is 1. The lowest BCUT2D eigenvalue weighted by Crippen LogP contribution is -2.40. The van der Waals surface area contributed by atoms with Crippen LogP contribution in [-0.4, -0.2) is 47.8 Å². The predicted molar refractivity (Wildman–Crippen MR) is 194 cm³/mol. The van der Waals surface area contributed by atoms with Crippen LogP contribution in [0.5, 0.6) is 5.75 Å². The zero-order valence-electron chi connectivity index (χ0n) is 30.3. The van der Waals surface area contributed by atoms with E-state index in [9.17, 15) is 27.2 Å². The average Bonchev–Trinajstić information content (AvgIpc) is 3.54. The van der Waals surface area contributed by atoms with E-state index >= 15 is 0 Å². The maximum atomic E-state index is 12.7. The highest BCUT2D eigenvalue weighted by atomic mass is 19.4. The summed E-state index contributed by atoms with van der Waals surface area (Å²) >= 11 is 0. The van der Waals surface area contributed by atoms with Gasteiger partial charge in [0.25, 0.3) is 5.91 Å². The van der Waals surface area contributed by atoms with Gasteiger partial charge < -0.3 is 9.74 Å². The molecule has 1 amide bonds. The highest BCUT2D eigenvalue weighted by Gasteiger charge is 2.30. The Morgan fingerprint density at radius 1 is 0.820 bits per heavy atom. The highest BCUT2D eigenvalue weighted by molar-refractivity contribution is 5.94. The SMILES string of the molecule is C=C(C)CCc1ccc(F)cc1.CC(=O)C1=C(C)CCC1.CCC(=O)N(CCN(CC)CC)Oc1ccc(-c2ccc(C(F)(F)F)cc2)cc1. The monoisotopic (exact) mass is 696 g/mol. The van der Waals surface area contributed by atoms with Crippen molar-refractivity contribution in [2.75, 3.05) is 26.2 Å². The van der Waals surface area contributed by atoms with Crippen LogP contribution in [0.1, 0.15) is 84.8 Å². The number of hydroxylamine groups is 2. The molecular formula is C41H52F4N2O3. The first-order valence-corrected chi connectivity index (χ1v) is 17.2. The van der Waals surface area contributed by atoms with Crippen LogP contribution in [0.4, 0.5) is 17.6 Å². The summed E-state index contributed by atoms with van der Waals surface area (Å²) in [7, 11) is 0. The van der Waals surface area contributed by atoms with Gasteiger partial charge in [-0.05, 0) is 125 Å². The van der Waals surface area contributed by atoms with Crippen molar-refractivity contribution in [3.05, 3.63) is 113 Å². The lowest BCUT2D eigenvalue weighted by molar-refractivity contribution is -0.157. The third-order valence-electron chi connectivity index (χ3n) is 8.38. The zero-order valence-corrected chi connectivity index (χ0v) is 30.3. The minimum atomic E-state index is -4.35. The summed E-state index contributed by atoms with van der Waals surface area (Å²) in [6, 6.07) is 18.6. The number of ketones is 1. The molecule has 4 rings (SSSR count). The number of rotatable bonds is 13. The summed E-state index contributed by atoms with van der Waals surface area (Å²) in [6.45, 7) is 18.4. The fourth-order valence-corrected chi connectivity index (χ4v) is 5.24. The van der Waals surface area contributed by atoms with E-state index in [1.54, 1.807) is 38.1 Å². The number of halogens is 4. The molecule has 0 atom stereocenters. The number of hydrogen-bond acceptors (Lipinski definition) is 4. The van der Waals surface area contributed by atoms with E-state index in [4.69, 9.17) is 4.84 Å². The van der Waals surface area contributed by atoms with E-state index in [1.807, 2.05) is 19.1 Å². The van der Waals surface area contributed by atoms with Crippen molar-refractivity contribution in [2.45, 2.75) is 86.2 Å². The van der Waals surface area contributed by atoms with Gasteiger partial charge in [-0.3, -0.25) is 9.59 Å². The standard InChI is InChI=1S/C22H27F3N2O2.C11H13F.C8H12O/c1-4-21(28)27(16-15-26(5-2)6-3)29-20-13-9-18(10-14-20)17-7-11-19(12-8-17)22(23,24)25;1-9(2)3-4-10-5-7-11(12)8-6-10;1-6-4-3-5-8(6)7(2)9/h7-14H,4-6,15-16H2,1-3H3;5-8H,1,3-4H2,2H3;3-5H2,1-2H3. The van der Waals surface area contributed by atoms with Crippen LogP contribution in [0.15, 0.2) is 96.1 Å². The number of hydrogen-bond donors (Lipinski definition) is 0. The minimum absolute atomic E-state index is 0.107. The number of carbonyl (C=O) groups excluding carboxylic acids is 2. The Morgan fingerprint density at radius 3 is 1.80 bits per heavy atom.